The normalized spacial score (nSPS) is 11.3. The zero-order valence-corrected chi connectivity index (χ0v) is 14.9. The van der Waals surface area contributed by atoms with Crippen molar-refractivity contribution in [2.24, 2.45) is 0 Å². The number of nitrogens with zero attached hydrogens (tertiary/aromatic N) is 1. The maximum absolute atomic E-state index is 11.9. The largest absolute Gasteiger partial charge is 0.356 e. The van der Waals surface area contributed by atoms with Crippen LogP contribution in [0.3, 0.4) is 0 Å². The van der Waals surface area contributed by atoms with Crippen molar-refractivity contribution in [2.45, 2.75) is 26.2 Å². The zero-order chi connectivity index (χ0) is 16.8. The number of hydrogen-bond donors (Lipinski definition) is 1. The average Bonchev–Trinajstić information content (AvgIpc) is 2.41. The Morgan fingerprint density at radius 2 is 1.95 bits per heavy atom. The molecule has 0 aromatic heterocycles. The molecular weight excluding hydrogens is 347 g/mol. The molecule has 0 aliphatic heterocycles. The summed E-state index contributed by atoms with van der Waals surface area (Å²) in [6, 6.07) is 4.56. The zero-order valence-electron chi connectivity index (χ0n) is 12.6. The van der Waals surface area contributed by atoms with E-state index in [-0.39, 0.29) is 23.9 Å². The van der Waals surface area contributed by atoms with Crippen LogP contribution in [0.25, 0.3) is 0 Å². The first-order chi connectivity index (χ1) is 10.3. The molecule has 1 N–H and O–H groups in total. The van der Waals surface area contributed by atoms with Gasteiger partial charge in [-0.05, 0) is 24.6 Å². The van der Waals surface area contributed by atoms with Crippen LogP contribution in [0, 0.1) is 0 Å². The minimum Gasteiger partial charge on any atom is -0.356 e. The van der Waals surface area contributed by atoms with Crippen molar-refractivity contribution in [3.8, 4) is 0 Å². The number of benzene rings is 1. The molecule has 0 spiro atoms. The summed E-state index contributed by atoms with van der Waals surface area (Å²) in [6.07, 6.45) is 3.05. The third kappa shape index (κ3) is 6.02. The predicted molar refractivity (Wildman–Crippen MR) is 91.2 cm³/mol. The lowest BCUT2D eigenvalue weighted by molar-refractivity contribution is -0.120. The number of nitrogens with one attached hydrogen (secondary N) is 1. The molecule has 0 saturated carbocycles. The molecule has 0 heterocycles. The Kier molecular flexibility index (Phi) is 7.45. The van der Waals surface area contributed by atoms with E-state index in [9.17, 15) is 13.2 Å². The molecule has 1 aromatic rings. The second-order valence-electron chi connectivity index (χ2n) is 4.89. The second-order valence-corrected chi connectivity index (χ2v) is 7.61. The van der Waals surface area contributed by atoms with Crippen molar-refractivity contribution in [1.82, 2.24) is 5.32 Å². The molecule has 0 radical (unpaired) electrons. The summed E-state index contributed by atoms with van der Waals surface area (Å²) < 4.78 is 25.0. The summed E-state index contributed by atoms with van der Waals surface area (Å²) in [5.74, 6) is -0.179. The summed E-state index contributed by atoms with van der Waals surface area (Å²) in [6.45, 7) is 2.68. The Morgan fingerprint density at radius 3 is 2.50 bits per heavy atom. The van der Waals surface area contributed by atoms with Crippen LogP contribution in [0.1, 0.15) is 26.2 Å². The maximum atomic E-state index is 11.9. The molecule has 0 aliphatic rings. The van der Waals surface area contributed by atoms with Gasteiger partial charge in [0.1, 0.15) is 0 Å². The maximum Gasteiger partial charge on any atom is 0.232 e. The van der Waals surface area contributed by atoms with Crippen molar-refractivity contribution in [1.29, 1.82) is 0 Å². The number of sulfonamides is 1. The van der Waals surface area contributed by atoms with Crippen molar-refractivity contribution in [3.05, 3.63) is 28.2 Å². The minimum absolute atomic E-state index is 0.0504. The van der Waals surface area contributed by atoms with Crippen LogP contribution in [0.2, 0.25) is 10.0 Å². The first-order valence-corrected chi connectivity index (χ1v) is 9.55. The van der Waals surface area contributed by atoms with Crippen molar-refractivity contribution < 1.29 is 13.2 Å². The second kappa shape index (κ2) is 8.60. The van der Waals surface area contributed by atoms with Gasteiger partial charge in [-0.1, -0.05) is 36.5 Å². The molecule has 22 heavy (non-hydrogen) atoms. The number of hydrogen-bond acceptors (Lipinski definition) is 3. The van der Waals surface area contributed by atoms with Gasteiger partial charge < -0.3 is 5.32 Å². The van der Waals surface area contributed by atoms with Gasteiger partial charge in [-0.3, -0.25) is 9.10 Å². The van der Waals surface area contributed by atoms with Gasteiger partial charge in [0, 0.05) is 19.5 Å². The van der Waals surface area contributed by atoms with Crippen LogP contribution in [-0.2, 0) is 14.8 Å². The van der Waals surface area contributed by atoms with E-state index in [4.69, 9.17) is 23.2 Å². The lowest BCUT2D eigenvalue weighted by Crippen LogP contribution is -2.34. The van der Waals surface area contributed by atoms with Crippen LogP contribution < -0.4 is 9.62 Å². The molecule has 1 amide bonds. The number of carbonyl (C=O) groups is 1. The molecule has 0 unspecified atom stereocenters. The van der Waals surface area contributed by atoms with Gasteiger partial charge in [0.15, 0.2) is 0 Å². The quantitative estimate of drug-likeness (QED) is 0.718. The Morgan fingerprint density at radius 1 is 1.27 bits per heavy atom. The lowest BCUT2D eigenvalue weighted by Gasteiger charge is -2.22. The Hall–Kier alpha value is -0.980. The number of rotatable bonds is 8. The van der Waals surface area contributed by atoms with Crippen molar-refractivity contribution in [2.75, 3.05) is 23.7 Å². The van der Waals surface area contributed by atoms with Crippen LogP contribution in [0.15, 0.2) is 18.2 Å². The van der Waals surface area contributed by atoms with Crippen LogP contribution in [-0.4, -0.2) is 33.7 Å². The van der Waals surface area contributed by atoms with Gasteiger partial charge in [0.05, 0.1) is 22.0 Å². The first kappa shape index (κ1) is 19.1. The third-order valence-electron chi connectivity index (χ3n) is 2.99. The van der Waals surface area contributed by atoms with E-state index >= 15 is 0 Å². The monoisotopic (exact) mass is 366 g/mol. The standard InChI is InChI=1S/C14H20Cl2N2O3S/c1-3-4-8-17-14(19)7-9-18(22(2,20)21)11-5-6-12(15)13(16)10-11/h5-6,10H,3-4,7-9H2,1-2H3,(H,17,19). The summed E-state index contributed by atoms with van der Waals surface area (Å²) >= 11 is 11.8. The highest BCUT2D eigenvalue weighted by Crippen LogP contribution is 2.28. The highest BCUT2D eigenvalue weighted by molar-refractivity contribution is 7.92. The number of carbonyl (C=O) groups excluding carboxylic acids is 1. The van der Waals surface area contributed by atoms with E-state index in [1.54, 1.807) is 6.07 Å². The highest BCUT2D eigenvalue weighted by atomic mass is 35.5. The topological polar surface area (TPSA) is 66.5 Å². The fourth-order valence-corrected chi connectivity index (χ4v) is 3.03. The molecule has 1 aromatic carbocycles. The molecule has 0 saturated heterocycles. The number of amides is 1. The molecule has 124 valence electrons. The van der Waals surface area contributed by atoms with Gasteiger partial charge in [-0.25, -0.2) is 8.42 Å². The summed E-state index contributed by atoms with van der Waals surface area (Å²) in [5, 5.41) is 3.36. The summed E-state index contributed by atoms with van der Waals surface area (Å²) in [4.78, 5) is 11.7. The van der Waals surface area contributed by atoms with Gasteiger partial charge in [-0.15, -0.1) is 0 Å². The first-order valence-electron chi connectivity index (χ1n) is 6.95. The molecule has 5 nitrogen and oxygen atoms in total. The molecule has 0 fully saturated rings. The van der Waals surface area contributed by atoms with E-state index in [1.165, 1.54) is 12.1 Å². The summed E-state index contributed by atoms with van der Waals surface area (Å²) in [5.41, 5.74) is 0.387. The highest BCUT2D eigenvalue weighted by Gasteiger charge is 2.19. The molecular formula is C14H20Cl2N2O3S. The molecule has 8 heteroatoms. The number of halogens is 2. The van der Waals surface area contributed by atoms with Gasteiger partial charge >= 0.3 is 0 Å². The van der Waals surface area contributed by atoms with Crippen molar-refractivity contribution in [3.63, 3.8) is 0 Å². The predicted octanol–water partition coefficient (Wildman–Crippen LogP) is 3.07. The lowest BCUT2D eigenvalue weighted by atomic mass is 10.3. The van der Waals surface area contributed by atoms with Gasteiger partial charge in [0.2, 0.25) is 15.9 Å². The van der Waals surface area contributed by atoms with E-state index in [2.05, 4.69) is 5.32 Å². The van der Waals surface area contributed by atoms with E-state index in [1.807, 2.05) is 6.92 Å². The van der Waals surface area contributed by atoms with Crippen molar-refractivity contribution >= 4 is 44.8 Å². The minimum atomic E-state index is -3.52. The molecule has 1 rings (SSSR count). The van der Waals surface area contributed by atoms with Gasteiger partial charge in [-0.2, -0.15) is 0 Å². The van der Waals surface area contributed by atoms with Crippen LogP contribution in [0.4, 0.5) is 5.69 Å². The third-order valence-corrected chi connectivity index (χ3v) is 4.92. The van der Waals surface area contributed by atoms with E-state index < -0.39 is 10.0 Å². The molecule has 0 aliphatic carbocycles. The number of unbranched alkanes of at least 4 members (excludes halogenated alkanes) is 1. The van der Waals surface area contributed by atoms with Crippen LogP contribution in [0.5, 0.6) is 0 Å². The number of anilines is 1. The summed E-state index contributed by atoms with van der Waals surface area (Å²) in [7, 11) is -3.52. The fourth-order valence-electron chi connectivity index (χ4n) is 1.82. The van der Waals surface area contributed by atoms with E-state index in [0.717, 1.165) is 23.4 Å². The van der Waals surface area contributed by atoms with Gasteiger partial charge in [0.25, 0.3) is 0 Å². The van der Waals surface area contributed by atoms with E-state index in [0.29, 0.717) is 17.3 Å². The fraction of sp³-hybridized carbons (Fsp3) is 0.500. The van der Waals surface area contributed by atoms with Crippen LogP contribution >= 0.6 is 23.2 Å². The Balaban J connectivity index is 2.78. The Bertz CT molecular complexity index is 621. The molecule has 0 bridgehead atoms. The molecule has 0 atom stereocenters. The Labute approximate surface area is 141 Å². The average molecular weight is 367 g/mol. The smallest absolute Gasteiger partial charge is 0.232 e. The SMILES string of the molecule is CCCCNC(=O)CCN(c1ccc(Cl)c(Cl)c1)S(C)(=O)=O.